The summed E-state index contributed by atoms with van der Waals surface area (Å²) in [6, 6.07) is 12.5. The van der Waals surface area contributed by atoms with Crippen molar-refractivity contribution in [2.75, 3.05) is 5.32 Å². The molecular formula is C15H14BrNO2. The van der Waals surface area contributed by atoms with E-state index >= 15 is 0 Å². The van der Waals surface area contributed by atoms with Crippen LogP contribution in [0.4, 0.5) is 5.69 Å². The molecule has 2 rings (SSSR count). The first-order valence-electron chi connectivity index (χ1n) is 5.86. The molecule has 2 aromatic rings. The average Bonchev–Trinajstić information content (AvgIpc) is 2.38. The number of rotatable bonds is 3. The zero-order valence-corrected chi connectivity index (χ0v) is 12.1. The molecular weight excluding hydrogens is 306 g/mol. The first-order chi connectivity index (χ1) is 9.10. The number of phenols is 1. The van der Waals surface area contributed by atoms with E-state index in [4.69, 9.17) is 0 Å². The quantitative estimate of drug-likeness (QED) is 0.844. The molecule has 0 heterocycles. The SMILES string of the molecule is Cc1ccc(C(=O)Nc2cccc(CBr)c2)c(O)c1. The second-order valence-electron chi connectivity index (χ2n) is 4.31. The van der Waals surface area contributed by atoms with Gasteiger partial charge in [0.1, 0.15) is 5.75 Å². The van der Waals surface area contributed by atoms with E-state index < -0.39 is 0 Å². The molecule has 0 aliphatic heterocycles. The molecule has 0 bridgehead atoms. The fourth-order valence-corrected chi connectivity index (χ4v) is 2.11. The van der Waals surface area contributed by atoms with Crippen molar-refractivity contribution in [2.24, 2.45) is 0 Å². The molecule has 0 spiro atoms. The maximum Gasteiger partial charge on any atom is 0.259 e. The van der Waals surface area contributed by atoms with E-state index in [0.717, 1.165) is 16.5 Å². The van der Waals surface area contributed by atoms with E-state index in [2.05, 4.69) is 21.2 Å². The van der Waals surface area contributed by atoms with Gasteiger partial charge in [0, 0.05) is 11.0 Å². The fraction of sp³-hybridized carbons (Fsp3) is 0.133. The Morgan fingerprint density at radius 1 is 1.26 bits per heavy atom. The monoisotopic (exact) mass is 319 g/mol. The molecule has 0 fully saturated rings. The van der Waals surface area contributed by atoms with Crippen LogP contribution in [0.15, 0.2) is 42.5 Å². The highest BCUT2D eigenvalue weighted by molar-refractivity contribution is 9.08. The molecule has 3 nitrogen and oxygen atoms in total. The first kappa shape index (κ1) is 13.6. The van der Waals surface area contributed by atoms with Gasteiger partial charge in [-0.2, -0.15) is 0 Å². The molecule has 0 saturated carbocycles. The number of halogens is 1. The maximum absolute atomic E-state index is 12.1. The van der Waals surface area contributed by atoms with Gasteiger partial charge >= 0.3 is 0 Å². The summed E-state index contributed by atoms with van der Waals surface area (Å²) in [6.45, 7) is 1.86. The normalized spacial score (nSPS) is 10.2. The van der Waals surface area contributed by atoms with Gasteiger partial charge < -0.3 is 10.4 Å². The molecule has 1 amide bonds. The highest BCUT2D eigenvalue weighted by atomic mass is 79.9. The molecule has 0 saturated heterocycles. The van der Waals surface area contributed by atoms with E-state index in [9.17, 15) is 9.90 Å². The lowest BCUT2D eigenvalue weighted by molar-refractivity contribution is 0.102. The summed E-state index contributed by atoms with van der Waals surface area (Å²) >= 11 is 3.37. The van der Waals surface area contributed by atoms with Gasteiger partial charge in [-0.05, 0) is 42.3 Å². The van der Waals surface area contributed by atoms with Gasteiger partial charge in [-0.1, -0.05) is 34.1 Å². The number of aryl methyl sites for hydroxylation is 1. The average molecular weight is 320 g/mol. The van der Waals surface area contributed by atoms with Crippen LogP contribution in [0.5, 0.6) is 5.75 Å². The fourth-order valence-electron chi connectivity index (χ4n) is 1.76. The van der Waals surface area contributed by atoms with Gasteiger partial charge in [0.2, 0.25) is 0 Å². The Labute approximate surface area is 120 Å². The highest BCUT2D eigenvalue weighted by Gasteiger charge is 2.11. The van der Waals surface area contributed by atoms with Gasteiger partial charge in [0.15, 0.2) is 0 Å². The van der Waals surface area contributed by atoms with Crippen LogP contribution in [0, 0.1) is 6.92 Å². The summed E-state index contributed by atoms with van der Waals surface area (Å²) in [5.74, 6) is -0.321. The number of anilines is 1. The van der Waals surface area contributed by atoms with Crippen LogP contribution in [-0.4, -0.2) is 11.0 Å². The van der Waals surface area contributed by atoms with Gasteiger partial charge in [-0.15, -0.1) is 0 Å². The Kier molecular flexibility index (Phi) is 4.22. The minimum atomic E-state index is -0.316. The standard InChI is InChI=1S/C15H14BrNO2/c1-10-5-6-13(14(18)7-10)15(19)17-12-4-2-3-11(8-12)9-16/h2-8,18H,9H2,1H3,(H,17,19). The molecule has 19 heavy (non-hydrogen) atoms. The predicted molar refractivity (Wildman–Crippen MR) is 79.9 cm³/mol. The summed E-state index contributed by atoms with van der Waals surface area (Å²) < 4.78 is 0. The molecule has 0 aliphatic rings. The number of hydrogen-bond acceptors (Lipinski definition) is 2. The van der Waals surface area contributed by atoms with E-state index in [1.165, 1.54) is 0 Å². The summed E-state index contributed by atoms with van der Waals surface area (Å²) in [7, 11) is 0. The lowest BCUT2D eigenvalue weighted by Gasteiger charge is -2.08. The van der Waals surface area contributed by atoms with Crippen LogP contribution in [-0.2, 0) is 5.33 Å². The Hall–Kier alpha value is -1.81. The zero-order chi connectivity index (χ0) is 13.8. The second-order valence-corrected chi connectivity index (χ2v) is 4.87. The van der Waals surface area contributed by atoms with Gasteiger partial charge in [-0.25, -0.2) is 0 Å². The predicted octanol–water partition coefficient (Wildman–Crippen LogP) is 3.85. The number of aromatic hydroxyl groups is 1. The molecule has 2 N–H and O–H groups in total. The summed E-state index contributed by atoms with van der Waals surface area (Å²) in [4.78, 5) is 12.1. The number of phenolic OH excluding ortho intramolecular Hbond substituents is 1. The van der Waals surface area contributed by atoms with Crippen molar-refractivity contribution in [2.45, 2.75) is 12.3 Å². The largest absolute Gasteiger partial charge is 0.507 e. The number of hydrogen-bond donors (Lipinski definition) is 2. The zero-order valence-electron chi connectivity index (χ0n) is 10.5. The van der Waals surface area contributed by atoms with Crippen LogP contribution >= 0.6 is 15.9 Å². The molecule has 2 aromatic carbocycles. The van der Waals surface area contributed by atoms with Gasteiger partial charge in [-0.3, -0.25) is 4.79 Å². The molecule has 0 radical (unpaired) electrons. The van der Waals surface area contributed by atoms with Crippen molar-refractivity contribution < 1.29 is 9.90 Å². The molecule has 0 aliphatic carbocycles. The minimum absolute atomic E-state index is 0.00542. The number of nitrogens with one attached hydrogen (secondary N) is 1. The van der Waals surface area contributed by atoms with E-state index in [0.29, 0.717) is 5.69 Å². The van der Waals surface area contributed by atoms with Crippen LogP contribution < -0.4 is 5.32 Å². The van der Waals surface area contributed by atoms with Crippen molar-refractivity contribution in [1.29, 1.82) is 0 Å². The third-order valence-corrected chi connectivity index (χ3v) is 3.38. The number of benzene rings is 2. The van der Waals surface area contributed by atoms with Crippen molar-refractivity contribution in [3.8, 4) is 5.75 Å². The van der Waals surface area contributed by atoms with E-state index in [1.54, 1.807) is 18.2 Å². The third-order valence-electron chi connectivity index (χ3n) is 2.74. The molecule has 98 valence electrons. The minimum Gasteiger partial charge on any atom is -0.507 e. The molecule has 0 unspecified atom stereocenters. The van der Waals surface area contributed by atoms with Crippen molar-refractivity contribution >= 4 is 27.5 Å². The van der Waals surface area contributed by atoms with Crippen molar-refractivity contribution in [1.82, 2.24) is 0 Å². The Morgan fingerprint density at radius 3 is 2.74 bits per heavy atom. The molecule has 0 aromatic heterocycles. The topological polar surface area (TPSA) is 49.3 Å². The Morgan fingerprint density at radius 2 is 2.05 bits per heavy atom. The van der Waals surface area contributed by atoms with Crippen LogP contribution in [0.25, 0.3) is 0 Å². The first-order valence-corrected chi connectivity index (χ1v) is 6.98. The van der Waals surface area contributed by atoms with Gasteiger partial charge in [0.05, 0.1) is 5.56 Å². The number of carbonyl (C=O) groups is 1. The molecule has 0 atom stereocenters. The number of amides is 1. The summed E-state index contributed by atoms with van der Waals surface area (Å²) in [6.07, 6.45) is 0. The molecule has 4 heteroatoms. The second kappa shape index (κ2) is 5.89. The van der Waals surface area contributed by atoms with E-state index in [1.807, 2.05) is 31.2 Å². The summed E-state index contributed by atoms with van der Waals surface area (Å²) in [5, 5.41) is 13.3. The summed E-state index contributed by atoms with van der Waals surface area (Å²) in [5.41, 5.74) is 2.97. The number of alkyl halides is 1. The van der Waals surface area contributed by atoms with Crippen molar-refractivity contribution in [3.63, 3.8) is 0 Å². The third kappa shape index (κ3) is 3.35. The Balaban J connectivity index is 2.20. The lowest BCUT2D eigenvalue weighted by atomic mass is 10.1. The van der Waals surface area contributed by atoms with Crippen LogP contribution in [0.2, 0.25) is 0 Å². The maximum atomic E-state index is 12.1. The highest BCUT2D eigenvalue weighted by Crippen LogP contribution is 2.20. The van der Waals surface area contributed by atoms with E-state index in [-0.39, 0.29) is 17.2 Å². The number of carbonyl (C=O) groups excluding carboxylic acids is 1. The van der Waals surface area contributed by atoms with Gasteiger partial charge in [0.25, 0.3) is 5.91 Å². The van der Waals surface area contributed by atoms with Crippen LogP contribution in [0.1, 0.15) is 21.5 Å². The Bertz CT molecular complexity index is 611. The van der Waals surface area contributed by atoms with Crippen molar-refractivity contribution in [3.05, 3.63) is 59.2 Å². The van der Waals surface area contributed by atoms with Crippen LogP contribution in [0.3, 0.4) is 0 Å². The lowest BCUT2D eigenvalue weighted by Crippen LogP contribution is -2.12. The smallest absolute Gasteiger partial charge is 0.259 e.